The summed E-state index contributed by atoms with van der Waals surface area (Å²) in [5.74, 6) is 0. The molecule has 0 unspecified atom stereocenters. The molecule has 2 heterocycles. The summed E-state index contributed by atoms with van der Waals surface area (Å²) in [6.45, 7) is 0. The Morgan fingerprint density at radius 1 is 1.40 bits per heavy atom. The fourth-order valence-electron chi connectivity index (χ4n) is 0.920. The Bertz CT molecular complexity index is 355. The van der Waals surface area contributed by atoms with E-state index in [1.54, 1.807) is 6.20 Å². The Morgan fingerprint density at radius 3 is 3.10 bits per heavy atom. The van der Waals surface area contributed by atoms with Crippen LogP contribution in [0, 0.1) is 0 Å². The molecule has 0 amide bonds. The van der Waals surface area contributed by atoms with Crippen molar-refractivity contribution in [2.24, 2.45) is 0 Å². The SMILES string of the molecule is O[n+]1cccc2ccsc21. The topological polar surface area (TPSA) is 24.1 Å². The van der Waals surface area contributed by atoms with Gasteiger partial charge in [-0.1, -0.05) is 11.3 Å². The molecule has 1 N–H and O–H groups in total. The Labute approximate surface area is 61.9 Å². The van der Waals surface area contributed by atoms with Crippen LogP contribution in [0.3, 0.4) is 0 Å². The van der Waals surface area contributed by atoms with E-state index in [1.807, 2.05) is 23.6 Å². The molecule has 0 bridgehead atoms. The lowest BCUT2D eigenvalue weighted by atomic mass is 10.4. The minimum Gasteiger partial charge on any atom is -0.284 e. The molecule has 50 valence electrons. The summed E-state index contributed by atoms with van der Waals surface area (Å²) in [5.41, 5.74) is 0. The van der Waals surface area contributed by atoms with Crippen molar-refractivity contribution < 1.29 is 9.94 Å². The first kappa shape index (κ1) is 5.68. The minimum atomic E-state index is 0.891. The van der Waals surface area contributed by atoms with E-state index in [1.165, 1.54) is 11.3 Å². The van der Waals surface area contributed by atoms with Gasteiger partial charge in [0.1, 0.15) is 0 Å². The van der Waals surface area contributed by atoms with Crippen LogP contribution in [0.4, 0.5) is 0 Å². The molecule has 3 heteroatoms. The van der Waals surface area contributed by atoms with Crippen LogP contribution in [0.2, 0.25) is 0 Å². The van der Waals surface area contributed by atoms with Crippen molar-refractivity contribution in [3.63, 3.8) is 0 Å². The summed E-state index contributed by atoms with van der Waals surface area (Å²) in [7, 11) is 0. The monoisotopic (exact) mass is 152 g/mol. The van der Waals surface area contributed by atoms with Gasteiger partial charge < -0.3 is 0 Å². The predicted molar refractivity (Wildman–Crippen MR) is 39.2 cm³/mol. The van der Waals surface area contributed by atoms with Gasteiger partial charge in [-0.2, -0.15) is 0 Å². The quantitative estimate of drug-likeness (QED) is 0.448. The molecule has 2 aromatic heterocycles. The zero-order valence-corrected chi connectivity index (χ0v) is 6.01. The van der Waals surface area contributed by atoms with E-state index < -0.39 is 0 Å². The maximum absolute atomic E-state index is 9.19. The molecular formula is C7H6NOS+. The molecule has 0 radical (unpaired) electrons. The van der Waals surface area contributed by atoms with E-state index in [9.17, 15) is 5.21 Å². The van der Waals surface area contributed by atoms with Crippen LogP contribution in [0.5, 0.6) is 0 Å². The number of hydrogen-bond donors (Lipinski definition) is 1. The molecule has 0 spiro atoms. The fraction of sp³-hybridized carbons (Fsp3) is 0. The molecule has 0 fully saturated rings. The van der Waals surface area contributed by atoms with Crippen LogP contribution >= 0.6 is 11.3 Å². The van der Waals surface area contributed by atoms with Gasteiger partial charge >= 0.3 is 4.83 Å². The van der Waals surface area contributed by atoms with Gasteiger partial charge in [-0.3, -0.25) is 5.21 Å². The largest absolute Gasteiger partial charge is 0.318 e. The zero-order chi connectivity index (χ0) is 6.97. The zero-order valence-electron chi connectivity index (χ0n) is 5.19. The van der Waals surface area contributed by atoms with E-state index in [4.69, 9.17) is 0 Å². The van der Waals surface area contributed by atoms with Crippen molar-refractivity contribution in [1.82, 2.24) is 0 Å². The lowest BCUT2D eigenvalue weighted by molar-refractivity contribution is -0.883. The first-order valence-corrected chi connectivity index (χ1v) is 3.83. The van der Waals surface area contributed by atoms with Crippen LogP contribution in [0.15, 0.2) is 29.8 Å². The summed E-state index contributed by atoms with van der Waals surface area (Å²) < 4.78 is 1.14. The number of hydrogen-bond acceptors (Lipinski definition) is 2. The van der Waals surface area contributed by atoms with Crippen molar-refractivity contribution in [2.45, 2.75) is 0 Å². The van der Waals surface area contributed by atoms with Crippen LogP contribution < -0.4 is 4.73 Å². The first-order valence-electron chi connectivity index (χ1n) is 2.95. The third kappa shape index (κ3) is 0.675. The molecule has 0 saturated heterocycles. The normalized spacial score (nSPS) is 10.4. The second-order valence-electron chi connectivity index (χ2n) is 2.03. The Hall–Kier alpha value is -1.09. The molecule has 0 aromatic carbocycles. The number of nitrogens with zero attached hydrogens (tertiary/aromatic N) is 1. The van der Waals surface area contributed by atoms with E-state index in [0.29, 0.717) is 0 Å². The maximum atomic E-state index is 9.19. The summed E-state index contributed by atoms with van der Waals surface area (Å²) in [6.07, 6.45) is 1.62. The third-order valence-corrected chi connectivity index (χ3v) is 2.30. The second-order valence-corrected chi connectivity index (χ2v) is 2.93. The first-order chi connectivity index (χ1) is 4.88. The number of pyridine rings is 1. The van der Waals surface area contributed by atoms with E-state index in [-0.39, 0.29) is 0 Å². The molecule has 0 atom stereocenters. The fourth-order valence-corrected chi connectivity index (χ4v) is 1.70. The smallest absolute Gasteiger partial charge is 0.284 e. The average molecular weight is 152 g/mol. The van der Waals surface area contributed by atoms with Crippen molar-refractivity contribution in [3.05, 3.63) is 29.8 Å². The molecule has 2 nitrogen and oxygen atoms in total. The van der Waals surface area contributed by atoms with Crippen molar-refractivity contribution >= 4 is 21.6 Å². The number of fused-ring (bicyclic) bond motifs is 1. The maximum Gasteiger partial charge on any atom is 0.318 e. The van der Waals surface area contributed by atoms with Crippen molar-refractivity contribution in [3.8, 4) is 0 Å². The van der Waals surface area contributed by atoms with Gasteiger partial charge in [-0.15, -0.1) is 0 Å². The Morgan fingerprint density at radius 2 is 2.30 bits per heavy atom. The molecule has 0 aliphatic rings. The molecule has 10 heavy (non-hydrogen) atoms. The van der Waals surface area contributed by atoms with Gasteiger partial charge in [-0.25, -0.2) is 0 Å². The van der Waals surface area contributed by atoms with Crippen molar-refractivity contribution in [2.75, 3.05) is 0 Å². The Balaban J connectivity index is 2.95. The second kappa shape index (κ2) is 1.95. The summed E-state index contributed by atoms with van der Waals surface area (Å²) in [4.78, 5) is 0.891. The summed E-state index contributed by atoms with van der Waals surface area (Å²) in [5, 5.41) is 12.2. The highest BCUT2D eigenvalue weighted by atomic mass is 32.1. The number of rotatable bonds is 0. The molecular weight excluding hydrogens is 146 g/mol. The minimum absolute atomic E-state index is 0.891. The molecule has 0 aliphatic heterocycles. The van der Waals surface area contributed by atoms with E-state index in [0.717, 1.165) is 14.9 Å². The predicted octanol–water partition coefficient (Wildman–Crippen LogP) is 1.43. The standard InChI is InChI=1S/C7H6NOS/c9-8-4-1-2-6-3-5-10-7(6)8/h1-5,9H/q+1. The summed E-state index contributed by atoms with van der Waals surface area (Å²) >= 11 is 1.53. The van der Waals surface area contributed by atoms with E-state index >= 15 is 0 Å². The van der Waals surface area contributed by atoms with Crippen molar-refractivity contribution in [1.29, 1.82) is 0 Å². The van der Waals surface area contributed by atoms with Gasteiger partial charge in [0, 0.05) is 10.8 Å². The van der Waals surface area contributed by atoms with Gasteiger partial charge in [-0.05, 0) is 17.5 Å². The highest BCUT2D eigenvalue weighted by Gasteiger charge is 2.05. The highest BCUT2D eigenvalue weighted by Crippen LogP contribution is 2.14. The molecule has 2 aromatic rings. The highest BCUT2D eigenvalue weighted by molar-refractivity contribution is 7.16. The van der Waals surface area contributed by atoms with Gasteiger partial charge in [0.2, 0.25) is 6.20 Å². The van der Waals surface area contributed by atoms with Crippen LogP contribution in [-0.4, -0.2) is 5.21 Å². The number of thiophene rings is 1. The van der Waals surface area contributed by atoms with Crippen LogP contribution in [-0.2, 0) is 0 Å². The lowest BCUT2D eigenvalue weighted by Gasteiger charge is -1.82. The molecule has 2 rings (SSSR count). The average Bonchev–Trinajstić information content (AvgIpc) is 2.36. The lowest BCUT2D eigenvalue weighted by Crippen LogP contribution is -2.28. The molecule has 0 saturated carbocycles. The summed E-state index contributed by atoms with van der Waals surface area (Å²) in [6, 6.07) is 5.76. The number of aromatic nitrogens is 1. The van der Waals surface area contributed by atoms with Crippen LogP contribution in [0.25, 0.3) is 10.2 Å². The molecule has 0 aliphatic carbocycles. The van der Waals surface area contributed by atoms with Gasteiger partial charge in [0.25, 0.3) is 0 Å². The van der Waals surface area contributed by atoms with Gasteiger partial charge in [0.15, 0.2) is 0 Å². The van der Waals surface area contributed by atoms with Crippen LogP contribution in [0.1, 0.15) is 0 Å². The van der Waals surface area contributed by atoms with E-state index in [2.05, 4.69) is 0 Å². The van der Waals surface area contributed by atoms with Gasteiger partial charge in [0.05, 0.1) is 5.39 Å². The Kier molecular flexibility index (Phi) is 1.11. The third-order valence-electron chi connectivity index (χ3n) is 1.39.